The highest BCUT2D eigenvalue weighted by atomic mass is 19.1. The van der Waals surface area contributed by atoms with E-state index in [9.17, 15) is 4.39 Å². The van der Waals surface area contributed by atoms with Crippen LogP contribution in [0.25, 0.3) is 22.3 Å². The summed E-state index contributed by atoms with van der Waals surface area (Å²) < 4.78 is 13.8. The summed E-state index contributed by atoms with van der Waals surface area (Å²) in [5.41, 5.74) is 8.05. The number of halogens is 1. The lowest BCUT2D eigenvalue weighted by molar-refractivity contribution is 0.630. The van der Waals surface area contributed by atoms with E-state index in [2.05, 4.69) is 9.97 Å². The van der Waals surface area contributed by atoms with Gasteiger partial charge < -0.3 is 5.73 Å². The highest BCUT2D eigenvalue weighted by Gasteiger charge is 2.11. The lowest BCUT2D eigenvalue weighted by Gasteiger charge is -2.07. The monoisotopic (exact) mass is 253 g/mol. The Morgan fingerprint density at radius 3 is 2.58 bits per heavy atom. The van der Waals surface area contributed by atoms with Gasteiger partial charge in [-0.15, -0.1) is 0 Å². The van der Waals surface area contributed by atoms with Crippen molar-refractivity contribution in [2.24, 2.45) is 0 Å². The van der Waals surface area contributed by atoms with Crippen molar-refractivity contribution < 1.29 is 4.39 Å². The SMILES string of the molecule is Cc1cccc2c(N)nc(-c3ccccc3F)nc12. The molecular weight excluding hydrogens is 241 g/mol. The van der Waals surface area contributed by atoms with Gasteiger partial charge in [-0.25, -0.2) is 14.4 Å². The summed E-state index contributed by atoms with van der Waals surface area (Å²) in [5, 5.41) is 0.792. The molecule has 3 rings (SSSR count). The van der Waals surface area contributed by atoms with E-state index in [-0.39, 0.29) is 5.82 Å². The average Bonchev–Trinajstić information content (AvgIpc) is 2.40. The Morgan fingerprint density at radius 1 is 1.00 bits per heavy atom. The van der Waals surface area contributed by atoms with Crippen LogP contribution < -0.4 is 5.73 Å². The molecular formula is C15H12FN3. The normalized spacial score (nSPS) is 10.8. The lowest BCUT2D eigenvalue weighted by atomic mass is 10.1. The van der Waals surface area contributed by atoms with Gasteiger partial charge in [-0.05, 0) is 30.7 Å². The quantitative estimate of drug-likeness (QED) is 0.723. The Morgan fingerprint density at radius 2 is 1.79 bits per heavy atom. The number of aryl methyl sites for hydroxylation is 1. The molecule has 19 heavy (non-hydrogen) atoms. The Bertz CT molecular complexity index is 768. The first-order valence-electron chi connectivity index (χ1n) is 5.94. The number of nitrogens with zero attached hydrogens (tertiary/aromatic N) is 2. The number of hydrogen-bond donors (Lipinski definition) is 1. The number of hydrogen-bond acceptors (Lipinski definition) is 3. The molecule has 0 aliphatic heterocycles. The van der Waals surface area contributed by atoms with Crippen molar-refractivity contribution in [1.29, 1.82) is 0 Å². The zero-order chi connectivity index (χ0) is 13.4. The summed E-state index contributed by atoms with van der Waals surface area (Å²) in [6.45, 7) is 1.94. The Labute approximate surface area is 109 Å². The topological polar surface area (TPSA) is 51.8 Å². The van der Waals surface area contributed by atoms with Crippen LogP contribution in [-0.2, 0) is 0 Å². The molecule has 0 bridgehead atoms. The molecule has 1 aromatic heterocycles. The van der Waals surface area contributed by atoms with Crippen LogP contribution in [0.4, 0.5) is 10.2 Å². The van der Waals surface area contributed by atoms with Crippen molar-refractivity contribution in [1.82, 2.24) is 9.97 Å². The summed E-state index contributed by atoms with van der Waals surface area (Å²) in [5.74, 6) is 0.333. The van der Waals surface area contributed by atoms with E-state index in [1.807, 2.05) is 25.1 Å². The molecule has 0 unspecified atom stereocenters. The number of para-hydroxylation sites is 1. The van der Waals surface area contributed by atoms with E-state index >= 15 is 0 Å². The molecule has 3 aromatic rings. The van der Waals surface area contributed by atoms with Crippen molar-refractivity contribution in [3.05, 3.63) is 53.8 Å². The second kappa shape index (κ2) is 4.31. The lowest BCUT2D eigenvalue weighted by Crippen LogP contribution is -2.00. The molecule has 0 amide bonds. The first-order valence-corrected chi connectivity index (χ1v) is 5.94. The molecule has 0 spiro atoms. The fourth-order valence-electron chi connectivity index (χ4n) is 2.08. The zero-order valence-corrected chi connectivity index (χ0v) is 10.4. The number of nitrogen functional groups attached to an aromatic ring is 1. The molecule has 0 radical (unpaired) electrons. The number of nitrogens with two attached hydrogens (primary N) is 1. The number of rotatable bonds is 1. The van der Waals surface area contributed by atoms with Crippen molar-refractivity contribution in [3.8, 4) is 11.4 Å². The Hall–Kier alpha value is -2.49. The van der Waals surface area contributed by atoms with Crippen LogP contribution in [0.15, 0.2) is 42.5 Å². The number of fused-ring (bicyclic) bond motifs is 1. The van der Waals surface area contributed by atoms with Gasteiger partial charge in [-0.3, -0.25) is 0 Å². The van der Waals surface area contributed by atoms with Crippen LogP contribution in [0.1, 0.15) is 5.56 Å². The summed E-state index contributed by atoms with van der Waals surface area (Å²) in [4.78, 5) is 8.64. The van der Waals surface area contributed by atoms with Gasteiger partial charge in [0.05, 0.1) is 11.1 Å². The first-order chi connectivity index (χ1) is 9.16. The summed E-state index contributed by atoms with van der Waals surface area (Å²) in [7, 11) is 0. The fourth-order valence-corrected chi connectivity index (χ4v) is 2.08. The highest BCUT2D eigenvalue weighted by molar-refractivity contribution is 5.91. The minimum atomic E-state index is -0.352. The van der Waals surface area contributed by atoms with E-state index in [4.69, 9.17) is 5.73 Å². The van der Waals surface area contributed by atoms with Gasteiger partial charge in [0.15, 0.2) is 5.82 Å². The molecule has 3 nitrogen and oxygen atoms in total. The van der Waals surface area contributed by atoms with Gasteiger partial charge >= 0.3 is 0 Å². The van der Waals surface area contributed by atoms with Gasteiger partial charge in [-0.2, -0.15) is 0 Å². The van der Waals surface area contributed by atoms with Gasteiger partial charge in [-0.1, -0.05) is 24.3 Å². The second-order valence-electron chi connectivity index (χ2n) is 4.38. The molecule has 0 aliphatic rings. The van der Waals surface area contributed by atoms with Crippen LogP contribution in [0, 0.1) is 12.7 Å². The summed E-state index contributed by atoms with van der Waals surface area (Å²) >= 11 is 0. The maximum atomic E-state index is 13.8. The maximum Gasteiger partial charge on any atom is 0.165 e. The van der Waals surface area contributed by atoms with Crippen molar-refractivity contribution in [2.45, 2.75) is 6.92 Å². The highest BCUT2D eigenvalue weighted by Crippen LogP contribution is 2.26. The Kier molecular flexibility index (Phi) is 2.63. The number of anilines is 1. The average molecular weight is 253 g/mol. The predicted octanol–water partition coefficient (Wildman–Crippen LogP) is 3.33. The first kappa shape index (κ1) is 11.6. The van der Waals surface area contributed by atoms with E-state index in [0.29, 0.717) is 17.2 Å². The molecule has 2 aromatic carbocycles. The third kappa shape index (κ3) is 1.91. The van der Waals surface area contributed by atoms with Crippen molar-refractivity contribution >= 4 is 16.7 Å². The van der Waals surface area contributed by atoms with Crippen LogP contribution in [0.5, 0.6) is 0 Å². The minimum Gasteiger partial charge on any atom is -0.383 e. The van der Waals surface area contributed by atoms with Gasteiger partial charge in [0.1, 0.15) is 11.6 Å². The van der Waals surface area contributed by atoms with Crippen molar-refractivity contribution in [3.63, 3.8) is 0 Å². The maximum absolute atomic E-state index is 13.8. The Balaban J connectivity index is 2.33. The predicted molar refractivity (Wildman–Crippen MR) is 74.1 cm³/mol. The third-order valence-electron chi connectivity index (χ3n) is 3.07. The fraction of sp³-hybridized carbons (Fsp3) is 0.0667. The third-order valence-corrected chi connectivity index (χ3v) is 3.07. The van der Waals surface area contributed by atoms with Crippen LogP contribution in [-0.4, -0.2) is 9.97 Å². The van der Waals surface area contributed by atoms with Crippen LogP contribution in [0.3, 0.4) is 0 Å². The zero-order valence-electron chi connectivity index (χ0n) is 10.4. The van der Waals surface area contributed by atoms with E-state index in [1.54, 1.807) is 18.2 Å². The van der Waals surface area contributed by atoms with Gasteiger partial charge in [0.2, 0.25) is 0 Å². The smallest absolute Gasteiger partial charge is 0.165 e. The molecule has 0 atom stereocenters. The molecule has 1 heterocycles. The summed E-state index contributed by atoms with van der Waals surface area (Å²) in [6.07, 6.45) is 0. The molecule has 0 fully saturated rings. The molecule has 2 N–H and O–H groups in total. The molecule has 4 heteroatoms. The number of benzene rings is 2. The molecule has 94 valence electrons. The minimum absolute atomic E-state index is 0.317. The molecule has 0 saturated heterocycles. The van der Waals surface area contributed by atoms with E-state index in [1.165, 1.54) is 6.07 Å². The standard InChI is InChI=1S/C15H12FN3/c1-9-5-4-7-11-13(9)18-15(19-14(11)17)10-6-2-3-8-12(10)16/h2-8H,1H3,(H2,17,18,19). The number of aromatic nitrogens is 2. The van der Waals surface area contributed by atoms with Crippen LogP contribution >= 0.6 is 0 Å². The summed E-state index contributed by atoms with van der Waals surface area (Å²) in [6, 6.07) is 12.1. The molecule has 0 aliphatic carbocycles. The van der Waals surface area contributed by atoms with Crippen molar-refractivity contribution in [2.75, 3.05) is 5.73 Å². The van der Waals surface area contributed by atoms with Gasteiger partial charge in [0, 0.05) is 5.39 Å². The molecule has 0 saturated carbocycles. The largest absolute Gasteiger partial charge is 0.383 e. The second-order valence-corrected chi connectivity index (χ2v) is 4.38. The van der Waals surface area contributed by atoms with Gasteiger partial charge in [0.25, 0.3) is 0 Å². The van der Waals surface area contributed by atoms with E-state index in [0.717, 1.165) is 16.5 Å². The van der Waals surface area contributed by atoms with E-state index < -0.39 is 0 Å². The van der Waals surface area contributed by atoms with Crippen LogP contribution in [0.2, 0.25) is 0 Å².